The lowest BCUT2D eigenvalue weighted by atomic mass is 10.2. The quantitative estimate of drug-likeness (QED) is 0.566. The molecule has 0 saturated heterocycles. The van der Waals surface area contributed by atoms with Gasteiger partial charge in [0.2, 0.25) is 10.0 Å². The zero-order valence-electron chi connectivity index (χ0n) is 13.8. The summed E-state index contributed by atoms with van der Waals surface area (Å²) < 4.78 is 33.6. The first kappa shape index (κ1) is 16.9. The predicted octanol–water partition coefficient (Wildman–Crippen LogP) is 3.74. The molecule has 1 aromatic carbocycles. The lowest BCUT2D eigenvalue weighted by Gasteiger charge is -2.08. The van der Waals surface area contributed by atoms with E-state index in [2.05, 4.69) is 14.7 Å². The fourth-order valence-electron chi connectivity index (χ4n) is 2.63. The zero-order valence-corrected chi connectivity index (χ0v) is 15.5. The minimum Gasteiger partial charge on any atom is -0.462 e. The van der Waals surface area contributed by atoms with Crippen molar-refractivity contribution < 1.29 is 12.8 Å². The van der Waals surface area contributed by atoms with E-state index in [4.69, 9.17) is 4.42 Å². The van der Waals surface area contributed by atoms with Gasteiger partial charge in [0.25, 0.3) is 0 Å². The van der Waals surface area contributed by atoms with Crippen LogP contribution in [0.4, 0.5) is 0 Å². The second-order valence-corrected chi connectivity index (χ2v) is 8.48. The van der Waals surface area contributed by atoms with Crippen molar-refractivity contribution in [1.29, 1.82) is 0 Å². The van der Waals surface area contributed by atoms with Gasteiger partial charge in [0.1, 0.15) is 4.90 Å². The Morgan fingerprint density at radius 2 is 2.00 bits per heavy atom. The van der Waals surface area contributed by atoms with Crippen LogP contribution in [0.15, 0.2) is 64.2 Å². The fourth-order valence-corrected chi connectivity index (χ4v) is 4.86. The van der Waals surface area contributed by atoms with E-state index in [9.17, 15) is 8.42 Å². The van der Waals surface area contributed by atoms with Crippen LogP contribution < -0.4 is 4.72 Å². The average Bonchev–Trinajstić information content (AvgIpc) is 3.29. The van der Waals surface area contributed by atoms with E-state index in [-0.39, 0.29) is 11.4 Å². The maximum atomic E-state index is 12.8. The lowest BCUT2D eigenvalue weighted by molar-refractivity contribution is 0.581. The molecule has 4 aromatic rings. The number of hydrogen-bond acceptors (Lipinski definition) is 6. The van der Waals surface area contributed by atoms with Crippen molar-refractivity contribution >= 4 is 32.3 Å². The van der Waals surface area contributed by atoms with E-state index in [0.717, 1.165) is 21.0 Å². The van der Waals surface area contributed by atoms with Gasteiger partial charge < -0.3 is 4.42 Å². The molecule has 4 rings (SSSR count). The third kappa shape index (κ3) is 3.14. The van der Waals surface area contributed by atoms with Crippen LogP contribution in [0.5, 0.6) is 0 Å². The molecule has 0 unspecified atom stereocenters. The average molecular weight is 385 g/mol. The summed E-state index contributed by atoms with van der Waals surface area (Å²) in [5.41, 5.74) is 1.24. The van der Waals surface area contributed by atoms with E-state index < -0.39 is 10.0 Å². The number of para-hydroxylation sites is 1. The molecular formula is C18H15N3O3S2. The molecule has 8 heteroatoms. The molecule has 3 heterocycles. The number of furan rings is 1. The molecule has 0 bridgehead atoms. The highest BCUT2D eigenvalue weighted by atomic mass is 32.2. The topological polar surface area (TPSA) is 85.1 Å². The van der Waals surface area contributed by atoms with Crippen LogP contribution in [0.3, 0.4) is 0 Å². The van der Waals surface area contributed by atoms with Gasteiger partial charge in [0.05, 0.1) is 17.5 Å². The molecule has 0 amide bonds. The van der Waals surface area contributed by atoms with Crippen molar-refractivity contribution in [1.82, 2.24) is 14.7 Å². The highest BCUT2D eigenvalue weighted by Gasteiger charge is 2.19. The Morgan fingerprint density at radius 3 is 2.81 bits per heavy atom. The second kappa shape index (κ2) is 6.64. The molecule has 0 aliphatic rings. The zero-order chi connectivity index (χ0) is 18.1. The maximum Gasteiger partial charge on any atom is 0.243 e. The number of hydrogen-bond donors (Lipinski definition) is 1. The molecule has 3 aromatic heterocycles. The van der Waals surface area contributed by atoms with Crippen molar-refractivity contribution in [3.05, 3.63) is 65.5 Å². The van der Waals surface area contributed by atoms with Gasteiger partial charge in [-0.1, -0.05) is 18.2 Å². The second-order valence-electron chi connectivity index (χ2n) is 5.66. The number of sulfonamides is 1. The van der Waals surface area contributed by atoms with E-state index in [1.165, 1.54) is 11.3 Å². The maximum absolute atomic E-state index is 12.8. The molecular weight excluding hydrogens is 370 g/mol. The van der Waals surface area contributed by atoms with Crippen LogP contribution >= 0.6 is 11.3 Å². The summed E-state index contributed by atoms with van der Waals surface area (Å²) in [7, 11) is -3.70. The molecule has 0 saturated carbocycles. The fraction of sp³-hybridized carbons (Fsp3) is 0.111. The van der Waals surface area contributed by atoms with Gasteiger partial charge in [-0.05, 0) is 31.2 Å². The first-order valence-corrected chi connectivity index (χ1v) is 10.2. The molecule has 132 valence electrons. The molecule has 0 atom stereocenters. The summed E-state index contributed by atoms with van der Waals surface area (Å²) in [6, 6.07) is 12.4. The summed E-state index contributed by atoms with van der Waals surface area (Å²) in [6.45, 7) is 2.02. The van der Waals surface area contributed by atoms with Crippen molar-refractivity contribution in [3.8, 4) is 10.8 Å². The van der Waals surface area contributed by atoms with E-state index in [1.807, 2.05) is 25.1 Å². The van der Waals surface area contributed by atoms with Gasteiger partial charge >= 0.3 is 0 Å². The minimum atomic E-state index is -3.70. The summed E-state index contributed by atoms with van der Waals surface area (Å²) in [4.78, 5) is 9.68. The van der Waals surface area contributed by atoms with Gasteiger partial charge in [-0.3, -0.25) is 4.98 Å². The van der Waals surface area contributed by atoms with Crippen molar-refractivity contribution in [2.24, 2.45) is 0 Å². The third-order valence-corrected chi connectivity index (χ3v) is 6.54. The molecule has 0 aliphatic carbocycles. The highest BCUT2D eigenvalue weighted by molar-refractivity contribution is 7.89. The monoisotopic (exact) mass is 385 g/mol. The highest BCUT2D eigenvalue weighted by Crippen LogP contribution is 2.28. The summed E-state index contributed by atoms with van der Waals surface area (Å²) in [5.74, 6) is 0.672. The molecule has 6 nitrogen and oxygen atoms in total. The van der Waals surface area contributed by atoms with Gasteiger partial charge in [-0.25, -0.2) is 18.1 Å². The number of nitrogens with zero attached hydrogens (tertiary/aromatic N) is 2. The standard InChI is InChI=1S/C18H15N3O3S2/c1-12-15(25-18(21-12)14-7-4-10-24-14)11-20-26(22,23)16-8-2-5-13-6-3-9-19-17(13)16/h2-10,20H,11H2,1H3. The predicted molar refractivity (Wildman–Crippen MR) is 100 cm³/mol. The van der Waals surface area contributed by atoms with Crippen molar-refractivity contribution in [2.75, 3.05) is 0 Å². The third-order valence-electron chi connectivity index (χ3n) is 3.93. The van der Waals surface area contributed by atoms with Gasteiger partial charge in [0.15, 0.2) is 10.8 Å². The first-order chi connectivity index (χ1) is 12.5. The Morgan fingerprint density at radius 1 is 1.15 bits per heavy atom. The van der Waals surface area contributed by atoms with Crippen molar-refractivity contribution in [2.45, 2.75) is 18.4 Å². The van der Waals surface area contributed by atoms with E-state index in [1.54, 1.807) is 36.7 Å². The Balaban J connectivity index is 1.61. The van der Waals surface area contributed by atoms with Crippen molar-refractivity contribution in [3.63, 3.8) is 0 Å². The SMILES string of the molecule is Cc1nc(-c2ccco2)sc1CNS(=O)(=O)c1cccc2cccnc12. The number of thiazole rings is 1. The number of rotatable bonds is 5. The number of pyridine rings is 1. The Labute approximate surface area is 154 Å². The lowest BCUT2D eigenvalue weighted by Crippen LogP contribution is -2.23. The Kier molecular flexibility index (Phi) is 4.31. The smallest absolute Gasteiger partial charge is 0.243 e. The van der Waals surface area contributed by atoms with Gasteiger partial charge in [0, 0.05) is 23.0 Å². The molecule has 1 N–H and O–H groups in total. The number of aromatic nitrogens is 2. The van der Waals surface area contributed by atoms with E-state index >= 15 is 0 Å². The summed E-state index contributed by atoms with van der Waals surface area (Å²) >= 11 is 1.41. The first-order valence-electron chi connectivity index (χ1n) is 7.88. The van der Waals surface area contributed by atoms with Crippen LogP contribution in [0.1, 0.15) is 10.6 Å². The number of fused-ring (bicyclic) bond motifs is 1. The van der Waals surface area contributed by atoms with Crippen LogP contribution in [0.2, 0.25) is 0 Å². The van der Waals surface area contributed by atoms with Gasteiger partial charge in [-0.2, -0.15) is 0 Å². The van der Waals surface area contributed by atoms with Gasteiger partial charge in [-0.15, -0.1) is 11.3 Å². The number of nitrogens with one attached hydrogen (secondary N) is 1. The van der Waals surface area contributed by atoms with E-state index in [0.29, 0.717) is 11.3 Å². The Bertz CT molecular complexity index is 1160. The summed E-state index contributed by atoms with van der Waals surface area (Å²) in [5, 5.41) is 1.51. The summed E-state index contributed by atoms with van der Waals surface area (Å²) in [6.07, 6.45) is 3.17. The molecule has 0 spiro atoms. The molecule has 0 aliphatic heterocycles. The molecule has 0 radical (unpaired) electrons. The van der Waals surface area contributed by atoms with Crippen LogP contribution in [-0.4, -0.2) is 18.4 Å². The van der Waals surface area contributed by atoms with Crippen LogP contribution in [-0.2, 0) is 16.6 Å². The number of benzene rings is 1. The largest absolute Gasteiger partial charge is 0.462 e. The molecule has 0 fully saturated rings. The minimum absolute atomic E-state index is 0.162. The van der Waals surface area contributed by atoms with Crippen LogP contribution in [0, 0.1) is 6.92 Å². The normalized spacial score (nSPS) is 11.9. The Hall–Kier alpha value is -2.55. The van der Waals surface area contributed by atoms with Crippen LogP contribution in [0.25, 0.3) is 21.7 Å². The molecule has 26 heavy (non-hydrogen) atoms. The number of aryl methyl sites for hydroxylation is 1.